The molecular formula is C16H17BrClN3O2. The molecule has 0 saturated heterocycles. The quantitative estimate of drug-likeness (QED) is 0.778. The summed E-state index contributed by atoms with van der Waals surface area (Å²) in [6, 6.07) is 6.81. The highest BCUT2D eigenvalue weighted by Crippen LogP contribution is 2.36. The fourth-order valence-electron chi connectivity index (χ4n) is 1.98. The van der Waals surface area contributed by atoms with Crippen LogP contribution in [-0.4, -0.2) is 17.6 Å². The minimum atomic E-state index is -0.356. The van der Waals surface area contributed by atoms with Gasteiger partial charge in [0.15, 0.2) is 5.75 Å². The molecule has 5 nitrogen and oxygen atoms in total. The highest BCUT2D eigenvalue weighted by Gasteiger charge is 2.13. The third kappa shape index (κ3) is 4.84. The fourth-order valence-corrected chi connectivity index (χ4v) is 2.90. The van der Waals surface area contributed by atoms with Gasteiger partial charge in [-0.2, -0.15) is 0 Å². The van der Waals surface area contributed by atoms with Crippen LogP contribution in [0.25, 0.3) is 0 Å². The number of rotatable bonds is 5. The Labute approximate surface area is 148 Å². The van der Waals surface area contributed by atoms with Gasteiger partial charge in [0.05, 0.1) is 29.0 Å². The Bertz CT molecular complexity index is 710. The van der Waals surface area contributed by atoms with E-state index in [0.717, 1.165) is 11.3 Å². The molecule has 1 aromatic carbocycles. The SMILES string of the molecule is CCOc1c(Br)cc(Cl)cc1NC(=O)NCc1ncccc1C. The van der Waals surface area contributed by atoms with Gasteiger partial charge in [-0.05, 0) is 53.5 Å². The highest BCUT2D eigenvalue weighted by atomic mass is 79.9. The van der Waals surface area contributed by atoms with Gasteiger partial charge in [0, 0.05) is 11.2 Å². The van der Waals surface area contributed by atoms with Crippen LogP contribution in [0.5, 0.6) is 5.75 Å². The fraction of sp³-hybridized carbons (Fsp3) is 0.250. The van der Waals surface area contributed by atoms with E-state index in [-0.39, 0.29) is 6.03 Å². The number of amides is 2. The Balaban J connectivity index is 2.07. The van der Waals surface area contributed by atoms with Crippen molar-refractivity contribution < 1.29 is 9.53 Å². The van der Waals surface area contributed by atoms with Gasteiger partial charge in [-0.3, -0.25) is 4.98 Å². The molecule has 2 rings (SSSR count). The molecule has 0 spiro atoms. The van der Waals surface area contributed by atoms with Crippen LogP contribution < -0.4 is 15.4 Å². The number of ether oxygens (including phenoxy) is 1. The smallest absolute Gasteiger partial charge is 0.319 e. The van der Waals surface area contributed by atoms with Gasteiger partial charge in [0.25, 0.3) is 0 Å². The number of anilines is 1. The molecule has 1 heterocycles. The molecule has 0 aliphatic heterocycles. The second kappa shape index (κ2) is 8.17. The van der Waals surface area contributed by atoms with Crippen molar-refractivity contribution in [2.75, 3.05) is 11.9 Å². The predicted octanol–water partition coefficient (Wildman–Crippen LogP) is 4.53. The van der Waals surface area contributed by atoms with Gasteiger partial charge >= 0.3 is 6.03 Å². The first kappa shape index (κ1) is 17.6. The molecule has 122 valence electrons. The molecule has 2 aromatic rings. The topological polar surface area (TPSA) is 63.2 Å². The number of halogens is 2. The molecule has 2 N–H and O–H groups in total. The largest absolute Gasteiger partial charge is 0.491 e. The first-order chi connectivity index (χ1) is 11.0. The normalized spacial score (nSPS) is 10.3. The number of aromatic nitrogens is 1. The lowest BCUT2D eigenvalue weighted by atomic mass is 10.2. The van der Waals surface area contributed by atoms with E-state index < -0.39 is 0 Å². The summed E-state index contributed by atoms with van der Waals surface area (Å²) in [5.41, 5.74) is 2.34. The number of hydrogen-bond donors (Lipinski definition) is 2. The van der Waals surface area contributed by atoms with Gasteiger partial charge in [-0.15, -0.1) is 0 Å². The van der Waals surface area contributed by atoms with Crippen molar-refractivity contribution in [1.29, 1.82) is 0 Å². The molecule has 2 amide bonds. The lowest BCUT2D eigenvalue weighted by Crippen LogP contribution is -2.29. The molecule has 0 fully saturated rings. The van der Waals surface area contributed by atoms with Crippen molar-refractivity contribution >= 4 is 39.2 Å². The Hall–Kier alpha value is -1.79. The molecule has 0 radical (unpaired) electrons. The summed E-state index contributed by atoms with van der Waals surface area (Å²) in [4.78, 5) is 16.3. The van der Waals surface area contributed by atoms with Crippen LogP contribution in [0, 0.1) is 6.92 Å². The van der Waals surface area contributed by atoms with Crippen LogP contribution in [0.1, 0.15) is 18.2 Å². The number of carbonyl (C=O) groups is 1. The highest BCUT2D eigenvalue weighted by molar-refractivity contribution is 9.10. The second-order valence-corrected chi connectivity index (χ2v) is 6.06. The zero-order chi connectivity index (χ0) is 16.8. The molecule has 1 aromatic heterocycles. The number of hydrogen-bond acceptors (Lipinski definition) is 3. The minimum Gasteiger partial charge on any atom is -0.491 e. The molecule has 0 aliphatic carbocycles. The summed E-state index contributed by atoms with van der Waals surface area (Å²) in [5, 5.41) is 6.02. The first-order valence-corrected chi connectivity index (χ1v) is 8.25. The van der Waals surface area contributed by atoms with Crippen LogP contribution >= 0.6 is 27.5 Å². The lowest BCUT2D eigenvalue weighted by Gasteiger charge is -2.14. The monoisotopic (exact) mass is 397 g/mol. The molecule has 0 atom stereocenters. The van der Waals surface area contributed by atoms with E-state index in [9.17, 15) is 4.79 Å². The average molecular weight is 399 g/mol. The summed E-state index contributed by atoms with van der Waals surface area (Å²) in [7, 11) is 0. The Morgan fingerprint density at radius 1 is 1.43 bits per heavy atom. The number of aryl methyl sites for hydroxylation is 1. The molecule has 0 aliphatic rings. The van der Waals surface area contributed by atoms with E-state index in [2.05, 4.69) is 31.5 Å². The molecule has 0 unspecified atom stereocenters. The van der Waals surface area contributed by atoms with Crippen molar-refractivity contribution in [3.8, 4) is 5.75 Å². The Kier molecular flexibility index (Phi) is 6.24. The minimum absolute atomic E-state index is 0.338. The summed E-state index contributed by atoms with van der Waals surface area (Å²) in [6.45, 7) is 4.63. The summed E-state index contributed by atoms with van der Waals surface area (Å²) in [6.07, 6.45) is 1.70. The number of nitrogens with one attached hydrogen (secondary N) is 2. The number of pyridine rings is 1. The molecule has 23 heavy (non-hydrogen) atoms. The molecular weight excluding hydrogens is 382 g/mol. The first-order valence-electron chi connectivity index (χ1n) is 7.08. The van der Waals surface area contributed by atoms with Crippen LogP contribution in [0.15, 0.2) is 34.9 Å². The van der Waals surface area contributed by atoms with Gasteiger partial charge in [-0.1, -0.05) is 17.7 Å². The Morgan fingerprint density at radius 2 is 2.22 bits per heavy atom. The van der Waals surface area contributed by atoms with Gasteiger partial charge < -0.3 is 15.4 Å². The standard InChI is InChI=1S/C16H17BrClN3O2/c1-3-23-15-12(17)7-11(18)8-13(15)21-16(22)20-9-14-10(2)5-4-6-19-14/h4-8H,3,9H2,1-2H3,(H2,20,21,22). The van der Waals surface area contributed by atoms with Gasteiger partial charge in [-0.25, -0.2) is 4.79 Å². The number of carbonyl (C=O) groups excluding carboxylic acids is 1. The van der Waals surface area contributed by atoms with Crippen molar-refractivity contribution in [3.05, 3.63) is 51.2 Å². The number of benzene rings is 1. The summed E-state index contributed by atoms with van der Waals surface area (Å²) >= 11 is 9.42. The van der Waals surface area contributed by atoms with Gasteiger partial charge in [0.1, 0.15) is 0 Å². The number of nitrogens with zero attached hydrogens (tertiary/aromatic N) is 1. The van der Waals surface area contributed by atoms with E-state index in [1.54, 1.807) is 18.3 Å². The average Bonchev–Trinajstić information content (AvgIpc) is 2.50. The van der Waals surface area contributed by atoms with Crippen molar-refractivity contribution in [2.24, 2.45) is 0 Å². The van der Waals surface area contributed by atoms with Crippen LogP contribution in [0.4, 0.5) is 10.5 Å². The van der Waals surface area contributed by atoms with Crippen molar-refractivity contribution in [1.82, 2.24) is 10.3 Å². The van der Waals surface area contributed by atoms with Crippen LogP contribution in [0.2, 0.25) is 5.02 Å². The van der Waals surface area contributed by atoms with Crippen LogP contribution in [0.3, 0.4) is 0 Å². The maximum atomic E-state index is 12.1. The maximum Gasteiger partial charge on any atom is 0.319 e. The maximum absolute atomic E-state index is 12.1. The van der Waals surface area contributed by atoms with E-state index in [1.165, 1.54) is 0 Å². The summed E-state index contributed by atoms with van der Waals surface area (Å²) in [5.74, 6) is 0.543. The van der Waals surface area contributed by atoms with E-state index in [4.69, 9.17) is 16.3 Å². The van der Waals surface area contributed by atoms with E-state index >= 15 is 0 Å². The number of urea groups is 1. The third-order valence-electron chi connectivity index (χ3n) is 3.08. The van der Waals surface area contributed by atoms with Crippen LogP contribution in [-0.2, 0) is 6.54 Å². The predicted molar refractivity (Wildman–Crippen MR) is 95.2 cm³/mol. The van der Waals surface area contributed by atoms with Gasteiger partial charge in [0.2, 0.25) is 0 Å². The summed E-state index contributed by atoms with van der Waals surface area (Å²) < 4.78 is 6.23. The van der Waals surface area contributed by atoms with E-state index in [1.807, 2.05) is 26.0 Å². The molecule has 0 bridgehead atoms. The lowest BCUT2D eigenvalue weighted by molar-refractivity contribution is 0.251. The zero-order valence-corrected chi connectivity index (χ0v) is 15.2. The third-order valence-corrected chi connectivity index (χ3v) is 3.89. The van der Waals surface area contributed by atoms with Crippen molar-refractivity contribution in [3.63, 3.8) is 0 Å². The molecule has 0 saturated carbocycles. The second-order valence-electron chi connectivity index (χ2n) is 4.77. The van der Waals surface area contributed by atoms with Crippen molar-refractivity contribution in [2.45, 2.75) is 20.4 Å². The van der Waals surface area contributed by atoms with E-state index in [0.29, 0.717) is 34.1 Å². The molecule has 7 heteroatoms. The zero-order valence-electron chi connectivity index (χ0n) is 12.8. The Morgan fingerprint density at radius 3 is 2.91 bits per heavy atom.